The van der Waals surface area contributed by atoms with Gasteiger partial charge in [-0.1, -0.05) is 30.3 Å². The number of hydrogen-bond donors (Lipinski definition) is 1. The Bertz CT molecular complexity index is 1680. The molecule has 6 rings (SSSR count). The van der Waals surface area contributed by atoms with Crippen LogP contribution in [-0.2, 0) is 0 Å². The molecule has 0 radical (unpaired) electrons. The van der Waals surface area contributed by atoms with E-state index in [-0.39, 0.29) is 5.91 Å². The second-order valence-corrected chi connectivity index (χ2v) is 10.1. The third kappa shape index (κ3) is 3.76. The van der Waals surface area contributed by atoms with Crippen molar-refractivity contribution >= 4 is 66.2 Å². The summed E-state index contributed by atoms with van der Waals surface area (Å²) >= 11 is 4.24. The van der Waals surface area contributed by atoms with E-state index in [1.54, 1.807) is 34.9 Å². The summed E-state index contributed by atoms with van der Waals surface area (Å²) in [6.45, 7) is 0. The number of para-hydroxylation sites is 2. The van der Waals surface area contributed by atoms with Crippen LogP contribution >= 0.6 is 34.0 Å². The SMILES string of the molecule is O=C(Nc1nc(-c2cc3ccccc3oc2=O)cs1)c1ccc(-c2nc3ccccc3s2)s1. The lowest BCUT2D eigenvalue weighted by molar-refractivity contribution is 0.103. The van der Waals surface area contributed by atoms with Gasteiger partial charge in [0.2, 0.25) is 0 Å². The van der Waals surface area contributed by atoms with Gasteiger partial charge >= 0.3 is 5.63 Å². The highest BCUT2D eigenvalue weighted by Crippen LogP contribution is 2.35. The van der Waals surface area contributed by atoms with Gasteiger partial charge in [0.15, 0.2) is 5.13 Å². The van der Waals surface area contributed by atoms with Crippen LogP contribution < -0.4 is 10.9 Å². The van der Waals surface area contributed by atoms with Gasteiger partial charge in [0.05, 0.1) is 31.2 Å². The van der Waals surface area contributed by atoms with Crippen LogP contribution in [0.5, 0.6) is 0 Å². The predicted octanol–water partition coefficient (Wildman–Crippen LogP) is 6.51. The summed E-state index contributed by atoms with van der Waals surface area (Å²) in [5.41, 5.74) is 1.84. The van der Waals surface area contributed by atoms with Gasteiger partial charge in [0.1, 0.15) is 10.6 Å². The summed E-state index contributed by atoms with van der Waals surface area (Å²) in [5, 5.41) is 6.67. The lowest BCUT2D eigenvalue weighted by Gasteiger charge is -2.00. The van der Waals surface area contributed by atoms with Crippen molar-refractivity contribution in [3.63, 3.8) is 0 Å². The molecule has 1 N–H and O–H groups in total. The Hall–Kier alpha value is -3.66. The highest BCUT2D eigenvalue weighted by atomic mass is 32.1. The quantitative estimate of drug-likeness (QED) is 0.287. The van der Waals surface area contributed by atoms with E-state index in [2.05, 4.69) is 15.3 Å². The van der Waals surface area contributed by atoms with Crippen LogP contribution in [0, 0.1) is 0 Å². The second kappa shape index (κ2) is 8.04. The highest BCUT2D eigenvalue weighted by Gasteiger charge is 2.16. The molecule has 0 atom stereocenters. The maximum atomic E-state index is 12.8. The number of carbonyl (C=O) groups is 1. The Balaban J connectivity index is 1.23. The molecule has 6 nitrogen and oxygen atoms in total. The van der Waals surface area contributed by atoms with E-state index in [9.17, 15) is 9.59 Å². The van der Waals surface area contributed by atoms with Gasteiger partial charge in [-0.3, -0.25) is 10.1 Å². The Morgan fingerprint density at radius 1 is 0.939 bits per heavy atom. The third-order valence-corrected chi connectivity index (χ3v) is 8.02. The number of anilines is 1. The fourth-order valence-corrected chi connectivity index (χ4v) is 6.03. The minimum Gasteiger partial charge on any atom is -0.422 e. The van der Waals surface area contributed by atoms with Crippen molar-refractivity contribution in [1.29, 1.82) is 0 Å². The van der Waals surface area contributed by atoms with Crippen LogP contribution in [0.3, 0.4) is 0 Å². The van der Waals surface area contributed by atoms with Crippen molar-refractivity contribution in [1.82, 2.24) is 9.97 Å². The van der Waals surface area contributed by atoms with E-state index >= 15 is 0 Å². The fraction of sp³-hybridized carbons (Fsp3) is 0. The molecule has 2 aromatic carbocycles. The van der Waals surface area contributed by atoms with E-state index in [0.717, 1.165) is 25.5 Å². The number of nitrogens with one attached hydrogen (secondary N) is 1. The standard InChI is InChI=1S/C24H13N3O3S3/c28-21(19-9-10-20(32-19)22-25-15-6-2-4-8-18(15)33-22)27-24-26-16(12-31-24)14-11-13-5-1-3-7-17(13)30-23(14)29/h1-12H,(H,26,27,28). The van der Waals surface area contributed by atoms with Gasteiger partial charge in [-0.25, -0.2) is 14.8 Å². The summed E-state index contributed by atoms with van der Waals surface area (Å²) < 4.78 is 6.50. The zero-order chi connectivity index (χ0) is 22.4. The number of aromatic nitrogens is 2. The number of benzene rings is 2. The van der Waals surface area contributed by atoms with Crippen LogP contribution in [0.25, 0.3) is 42.3 Å². The van der Waals surface area contributed by atoms with Crippen molar-refractivity contribution in [2.45, 2.75) is 0 Å². The molecule has 0 aliphatic rings. The zero-order valence-electron chi connectivity index (χ0n) is 16.8. The number of carbonyl (C=O) groups excluding carboxylic acids is 1. The predicted molar refractivity (Wildman–Crippen MR) is 134 cm³/mol. The minimum absolute atomic E-state index is 0.251. The van der Waals surface area contributed by atoms with Crippen molar-refractivity contribution in [2.24, 2.45) is 0 Å². The van der Waals surface area contributed by atoms with Crippen LogP contribution in [0.4, 0.5) is 5.13 Å². The maximum Gasteiger partial charge on any atom is 0.345 e. The largest absolute Gasteiger partial charge is 0.422 e. The first kappa shape index (κ1) is 20.0. The average Bonchev–Trinajstić information content (AvgIpc) is 3.57. The first-order chi connectivity index (χ1) is 16.1. The number of thiazole rings is 2. The summed E-state index contributed by atoms with van der Waals surface area (Å²) in [5.74, 6) is -0.251. The van der Waals surface area contributed by atoms with Crippen LogP contribution in [0.1, 0.15) is 9.67 Å². The Labute approximate surface area is 198 Å². The van der Waals surface area contributed by atoms with Crippen molar-refractivity contribution in [2.75, 3.05) is 5.32 Å². The first-order valence-corrected chi connectivity index (χ1v) is 12.4. The molecule has 9 heteroatoms. The summed E-state index contributed by atoms with van der Waals surface area (Å²) in [6, 6.07) is 20.7. The van der Waals surface area contributed by atoms with E-state index in [0.29, 0.717) is 26.8 Å². The summed E-state index contributed by atoms with van der Waals surface area (Å²) in [7, 11) is 0. The lowest BCUT2D eigenvalue weighted by atomic mass is 10.1. The number of rotatable bonds is 4. The van der Waals surface area contributed by atoms with Gasteiger partial charge in [-0.15, -0.1) is 34.0 Å². The molecule has 0 aliphatic carbocycles. The molecule has 1 amide bonds. The first-order valence-electron chi connectivity index (χ1n) is 9.90. The van der Waals surface area contributed by atoms with Crippen LogP contribution in [-0.4, -0.2) is 15.9 Å². The van der Waals surface area contributed by atoms with Crippen LogP contribution in [0.15, 0.2) is 81.3 Å². The maximum absolute atomic E-state index is 12.8. The second-order valence-electron chi connectivity index (χ2n) is 7.13. The monoisotopic (exact) mass is 487 g/mol. The molecule has 0 saturated heterocycles. The van der Waals surface area contributed by atoms with Gasteiger partial charge < -0.3 is 4.42 Å². The van der Waals surface area contributed by atoms with Crippen molar-refractivity contribution in [3.05, 3.63) is 87.4 Å². The van der Waals surface area contributed by atoms with Gasteiger partial charge in [0.25, 0.3) is 5.91 Å². The molecule has 0 unspecified atom stereocenters. The average molecular weight is 488 g/mol. The zero-order valence-corrected chi connectivity index (χ0v) is 19.2. The normalized spacial score (nSPS) is 11.3. The van der Waals surface area contributed by atoms with Crippen LogP contribution in [0.2, 0.25) is 0 Å². The molecule has 0 saturated carbocycles. The molecular weight excluding hydrogens is 474 g/mol. The minimum atomic E-state index is -0.462. The molecule has 160 valence electrons. The Kier molecular flexibility index (Phi) is 4.87. The number of thiophene rings is 1. The number of fused-ring (bicyclic) bond motifs is 2. The lowest BCUT2D eigenvalue weighted by Crippen LogP contribution is -2.10. The molecule has 0 bridgehead atoms. The van der Waals surface area contributed by atoms with E-state index in [1.165, 1.54) is 22.7 Å². The molecular formula is C24H13N3O3S3. The van der Waals surface area contributed by atoms with E-state index in [1.807, 2.05) is 48.5 Å². The number of amides is 1. The third-order valence-electron chi connectivity index (χ3n) is 4.98. The highest BCUT2D eigenvalue weighted by molar-refractivity contribution is 7.26. The fourth-order valence-electron chi connectivity index (χ4n) is 3.41. The molecule has 6 aromatic rings. The van der Waals surface area contributed by atoms with Crippen molar-refractivity contribution in [3.8, 4) is 21.1 Å². The molecule has 0 aliphatic heterocycles. The summed E-state index contributed by atoms with van der Waals surface area (Å²) in [6.07, 6.45) is 0. The molecule has 33 heavy (non-hydrogen) atoms. The van der Waals surface area contributed by atoms with E-state index < -0.39 is 5.63 Å². The molecule has 0 fully saturated rings. The Morgan fingerprint density at radius 3 is 2.70 bits per heavy atom. The topological polar surface area (TPSA) is 85.1 Å². The van der Waals surface area contributed by atoms with Crippen molar-refractivity contribution < 1.29 is 9.21 Å². The van der Waals surface area contributed by atoms with Gasteiger partial charge in [-0.05, 0) is 36.4 Å². The van der Waals surface area contributed by atoms with Gasteiger partial charge in [-0.2, -0.15) is 0 Å². The molecule has 4 aromatic heterocycles. The summed E-state index contributed by atoms with van der Waals surface area (Å²) in [4.78, 5) is 35.8. The smallest absolute Gasteiger partial charge is 0.345 e. The van der Waals surface area contributed by atoms with E-state index in [4.69, 9.17) is 4.42 Å². The number of hydrogen-bond acceptors (Lipinski definition) is 8. The van der Waals surface area contributed by atoms with Gasteiger partial charge in [0, 0.05) is 10.8 Å². The number of nitrogens with zero attached hydrogens (tertiary/aromatic N) is 2. The Morgan fingerprint density at radius 2 is 1.79 bits per heavy atom. The molecule has 0 spiro atoms. The molecule has 4 heterocycles.